The van der Waals surface area contributed by atoms with Crippen LogP contribution in [-0.4, -0.2) is 5.33 Å². The van der Waals surface area contributed by atoms with Gasteiger partial charge in [0.05, 0.1) is 0 Å². The number of allylic oxidation sites excluding steroid dienone is 2. The van der Waals surface area contributed by atoms with Gasteiger partial charge in [-0.05, 0) is 13.3 Å². The molecule has 0 aliphatic carbocycles. The minimum atomic E-state index is 0.999. The molecule has 0 spiro atoms. The second-order valence-electron chi connectivity index (χ2n) is 1.95. The Morgan fingerprint density at radius 3 is 2.62 bits per heavy atom. The molecule has 0 aromatic carbocycles. The molecule has 8 heavy (non-hydrogen) atoms. The highest BCUT2D eigenvalue weighted by molar-refractivity contribution is 9.09. The summed E-state index contributed by atoms with van der Waals surface area (Å²) in [6, 6.07) is 0. The molecule has 48 valence electrons. The van der Waals surface area contributed by atoms with Crippen LogP contribution in [0.3, 0.4) is 0 Å². The molecule has 0 saturated heterocycles. The number of hydrogen-bond acceptors (Lipinski definition) is 0. The topological polar surface area (TPSA) is 0 Å². The third-order valence-corrected chi connectivity index (χ3v) is 1.39. The lowest BCUT2D eigenvalue weighted by atomic mass is 10.2. The summed E-state index contributed by atoms with van der Waals surface area (Å²) >= 11 is 3.34. The molecule has 0 nitrogen and oxygen atoms in total. The van der Waals surface area contributed by atoms with Gasteiger partial charge in [0, 0.05) is 5.33 Å². The number of halogens is 1. The summed E-state index contributed by atoms with van der Waals surface area (Å²) in [5.74, 6) is 0. The third kappa shape index (κ3) is 4.38. The molecule has 1 heteroatoms. The molecule has 0 unspecified atom stereocenters. The first-order valence-electron chi connectivity index (χ1n) is 3.02. The van der Waals surface area contributed by atoms with Crippen LogP contribution >= 0.6 is 15.9 Å². The quantitative estimate of drug-likeness (QED) is 0.459. The zero-order valence-electron chi connectivity index (χ0n) is 5.58. The highest BCUT2D eigenvalue weighted by Crippen LogP contribution is 2.02. The van der Waals surface area contributed by atoms with E-state index >= 15 is 0 Å². The summed E-state index contributed by atoms with van der Waals surface area (Å²) in [4.78, 5) is 0. The molecule has 0 aromatic rings. The van der Waals surface area contributed by atoms with Crippen molar-refractivity contribution in [2.75, 3.05) is 5.33 Å². The molecule has 0 radical (unpaired) electrons. The zero-order chi connectivity index (χ0) is 6.41. The Labute approximate surface area is 60.1 Å². The van der Waals surface area contributed by atoms with Crippen molar-refractivity contribution in [1.82, 2.24) is 0 Å². The van der Waals surface area contributed by atoms with E-state index in [4.69, 9.17) is 0 Å². The molecule has 0 rings (SSSR count). The van der Waals surface area contributed by atoms with Crippen LogP contribution in [0.4, 0.5) is 0 Å². The maximum absolute atomic E-state index is 3.34. The minimum Gasteiger partial charge on any atom is -0.0883 e. The number of alkyl halides is 1. The van der Waals surface area contributed by atoms with E-state index in [1.807, 2.05) is 0 Å². The van der Waals surface area contributed by atoms with Crippen molar-refractivity contribution in [3.8, 4) is 0 Å². The normalized spacial score (nSPS) is 12.1. The number of hydrogen-bond donors (Lipinski definition) is 0. The molecular weight excluding hydrogens is 164 g/mol. The summed E-state index contributed by atoms with van der Waals surface area (Å²) in [5.41, 5.74) is 1.49. The highest BCUT2D eigenvalue weighted by atomic mass is 79.9. The van der Waals surface area contributed by atoms with Gasteiger partial charge >= 0.3 is 0 Å². The fraction of sp³-hybridized carbons (Fsp3) is 0.714. The summed E-state index contributed by atoms with van der Waals surface area (Å²) < 4.78 is 0. The van der Waals surface area contributed by atoms with E-state index in [-0.39, 0.29) is 0 Å². The average Bonchev–Trinajstić information content (AvgIpc) is 1.68. The molecular formula is C7H13Br. The summed E-state index contributed by atoms with van der Waals surface area (Å²) in [5, 5.41) is 0.999. The molecule has 0 amide bonds. The van der Waals surface area contributed by atoms with Crippen molar-refractivity contribution >= 4 is 15.9 Å². The first-order chi connectivity index (χ1) is 3.81. The van der Waals surface area contributed by atoms with Gasteiger partial charge in [-0.1, -0.05) is 40.9 Å². The van der Waals surface area contributed by atoms with E-state index in [9.17, 15) is 0 Å². The second-order valence-corrected chi connectivity index (χ2v) is 2.60. The van der Waals surface area contributed by atoms with E-state index in [2.05, 4.69) is 35.9 Å². The maximum Gasteiger partial charge on any atom is 0.0214 e. The van der Waals surface area contributed by atoms with E-state index in [1.165, 1.54) is 18.4 Å². The summed E-state index contributed by atoms with van der Waals surface area (Å²) in [6.45, 7) is 4.37. The predicted octanol–water partition coefficient (Wildman–Crippen LogP) is 3.13. The van der Waals surface area contributed by atoms with Crippen molar-refractivity contribution in [2.45, 2.75) is 26.7 Å². The fourth-order valence-electron chi connectivity index (χ4n) is 0.628. The largest absolute Gasteiger partial charge is 0.0883 e. The second kappa shape index (κ2) is 5.36. The van der Waals surface area contributed by atoms with E-state index in [0.29, 0.717) is 0 Å². The van der Waals surface area contributed by atoms with E-state index in [1.54, 1.807) is 0 Å². The Morgan fingerprint density at radius 1 is 1.62 bits per heavy atom. The van der Waals surface area contributed by atoms with Gasteiger partial charge < -0.3 is 0 Å². The molecule has 0 atom stereocenters. The molecule has 0 aromatic heterocycles. The average molecular weight is 177 g/mol. The first kappa shape index (κ1) is 8.22. The molecule has 0 aliphatic rings. The monoisotopic (exact) mass is 176 g/mol. The Hall–Kier alpha value is 0.220. The van der Waals surface area contributed by atoms with Crippen LogP contribution in [0.15, 0.2) is 11.6 Å². The maximum atomic E-state index is 3.34. The van der Waals surface area contributed by atoms with Crippen LogP contribution < -0.4 is 0 Å². The molecule has 0 fully saturated rings. The van der Waals surface area contributed by atoms with Crippen molar-refractivity contribution in [2.24, 2.45) is 0 Å². The third-order valence-electron chi connectivity index (χ3n) is 1.07. The Bertz CT molecular complexity index is 74.5. The van der Waals surface area contributed by atoms with Crippen molar-refractivity contribution in [3.63, 3.8) is 0 Å². The highest BCUT2D eigenvalue weighted by Gasteiger charge is 1.82. The SMILES string of the molecule is CCC/C(C)=C/CBr. The van der Waals surface area contributed by atoms with E-state index < -0.39 is 0 Å². The zero-order valence-corrected chi connectivity index (χ0v) is 7.16. The van der Waals surface area contributed by atoms with Crippen LogP contribution in [-0.2, 0) is 0 Å². The number of rotatable bonds is 3. The Balaban J connectivity index is 3.29. The Morgan fingerprint density at radius 2 is 2.25 bits per heavy atom. The van der Waals surface area contributed by atoms with Crippen LogP contribution in [0.5, 0.6) is 0 Å². The van der Waals surface area contributed by atoms with E-state index in [0.717, 1.165) is 5.33 Å². The van der Waals surface area contributed by atoms with Gasteiger partial charge in [-0.25, -0.2) is 0 Å². The lowest BCUT2D eigenvalue weighted by Crippen LogP contribution is -1.74. The molecule has 0 aliphatic heterocycles. The van der Waals surface area contributed by atoms with Gasteiger partial charge in [-0.15, -0.1) is 0 Å². The molecule has 0 saturated carbocycles. The van der Waals surface area contributed by atoms with Crippen LogP contribution in [0.1, 0.15) is 26.7 Å². The standard InChI is InChI=1S/C7H13Br/c1-3-4-7(2)5-6-8/h5H,3-4,6H2,1-2H3/b7-5+. The summed E-state index contributed by atoms with van der Waals surface area (Å²) in [6.07, 6.45) is 4.71. The van der Waals surface area contributed by atoms with Crippen LogP contribution in [0.2, 0.25) is 0 Å². The molecule has 0 bridgehead atoms. The van der Waals surface area contributed by atoms with Crippen molar-refractivity contribution in [1.29, 1.82) is 0 Å². The first-order valence-corrected chi connectivity index (χ1v) is 4.15. The fourth-order valence-corrected chi connectivity index (χ4v) is 1.18. The van der Waals surface area contributed by atoms with Crippen molar-refractivity contribution < 1.29 is 0 Å². The van der Waals surface area contributed by atoms with Crippen LogP contribution in [0, 0.1) is 0 Å². The van der Waals surface area contributed by atoms with Gasteiger partial charge in [0.25, 0.3) is 0 Å². The van der Waals surface area contributed by atoms with Gasteiger partial charge in [-0.2, -0.15) is 0 Å². The lowest BCUT2D eigenvalue weighted by Gasteiger charge is -1.92. The molecule has 0 N–H and O–H groups in total. The lowest BCUT2D eigenvalue weighted by molar-refractivity contribution is 0.904. The van der Waals surface area contributed by atoms with Gasteiger partial charge in [-0.3, -0.25) is 0 Å². The minimum absolute atomic E-state index is 0.999. The van der Waals surface area contributed by atoms with Crippen LogP contribution in [0.25, 0.3) is 0 Å². The summed E-state index contributed by atoms with van der Waals surface area (Å²) in [7, 11) is 0. The van der Waals surface area contributed by atoms with Crippen molar-refractivity contribution in [3.05, 3.63) is 11.6 Å². The predicted molar refractivity (Wildman–Crippen MR) is 42.5 cm³/mol. The van der Waals surface area contributed by atoms with Gasteiger partial charge in [0.15, 0.2) is 0 Å². The van der Waals surface area contributed by atoms with Gasteiger partial charge in [0.1, 0.15) is 0 Å². The van der Waals surface area contributed by atoms with Gasteiger partial charge in [0.2, 0.25) is 0 Å². The smallest absolute Gasteiger partial charge is 0.0214 e. The molecule has 0 heterocycles. The Kier molecular flexibility index (Phi) is 5.51.